The van der Waals surface area contributed by atoms with Crippen LogP contribution in [0.3, 0.4) is 0 Å². The number of aromatic nitrogens is 2. The largest absolute Gasteiger partial charge is 0.505 e. The fourth-order valence-corrected chi connectivity index (χ4v) is 2.48. The lowest BCUT2D eigenvalue weighted by molar-refractivity contribution is 0.0958. The molecule has 0 radical (unpaired) electrons. The maximum atomic E-state index is 13.1. The number of carbonyl (C=O) groups is 1. The standard InChI is InChI=1S/C20H14FN5O2/c1-23-20(28)16-10-12(6-8-24-16)18-19(27)15(7-9-25-18)17(11-22)26-14-4-2-13(21)3-5-14/h2-10,27H,1H3,(H,23,28)/b26-17+. The summed E-state index contributed by atoms with van der Waals surface area (Å²) in [7, 11) is 1.48. The first kappa shape index (κ1) is 18.7. The highest BCUT2D eigenvalue weighted by Crippen LogP contribution is 2.31. The molecule has 0 aliphatic heterocycles. The fraction of sp³-hybridized carbons (Fsp3) is 0.0500. The van der Waals surface area contributed by atoms with Gasteiger partial charge in [0, 0.05) is 25.0 Å². The third-order valence-electron chi connectivity index (χ3n) is 3.85. The molecule has 2 aromatic heterocycles. The number of aliphatic imine (C=N–C) groups is 1. The molecule has 3 rings (SSSR count). The van der Waals surface area contributed by atoms with Crippen LogP contribution in [0, 0.1) is 17.1 Å². The zero-order chi connectivity index (χ0) is 20.1. The minimum absolute atomic E-state index is 0.0617. The summed E-state index contributed by atoms with van der Waals surface area (Å²) < 4.78 is 13.1. The molecular weight excluding hydrogens is 361 g/mol. The first-order chi connectivity index (χ1) is 13.5. The summed E-state index contributed by atoms with van der Waals surface area (Å²) >= 11 is 0. The highest BCUT2D eigenvalue weighted by atomic mass is 19.1. The minimum atomic E-state index is -0.420. The van der Waals surface area contributed by atoms with Gasteiger partial charge in [0.05, 0.1) is 11.3 Å². The second-order valence-corrected chi connectivity index (χ2v) is 5.61. The Morgan fingerprint density at radius 3 is 2.57 bits per heavy atom. The molecule has 0 spiro atoms. The Bertz CT molecular complexity index is 1100. The molecule has 8 heteroatoms. The predicted octanol–water partition coefficient (Wildman–Crippen LogP) is 2.99. The quantitative estimate of drug-likeness (QED) is 0.681. The lowest BCUT2D eigenvalue weighted by atomic mass is 10.0. The molecular formula is C20H14FN5O2. The zero-order valence-corrected chi connectivity index (χ0v) is 14.7. The van der Waals surface area contributed by atoms with Crippen LogP contribution in [-0.4, -0.2) is 33.7 Å². The minimum Gasteiger partial charge on any atom is -0.505 e. The van der Waals surface area contributed by atoms with Crippen LogP contribution < -0.4 is 5.32 Å². The summed E-state index contributed by atoms with van der Waals surface area (Å²) in [5.74, 6) is -1.07. The van der Waals surface area contributed by atoms with Crippen molar-refractivity contribution in [2.24, 2.45) is 4.99 Å². The van der Waals surface area contributed by atoms with E-state index in [9.17, 15) is 19.6 Å². The third-order valence-corrected chi connectivity index (χ3v) is 3.85. The summed E-state index contributed by atoms with van der Waals surface area (Å²) in [6.45, 7) is 0. The molecule has 0 aliphatic rings. The van der Waals surface area contributed by atoms with Gasteiger partial charge in [-0.15, -0.1) is 0 Å². The van der Waals surface area contributed by atoms with Crippen molar-refractivity contribution in [2.45, 2.75) is 0 Å². The number of carbonyl (C=O) groups excluding carboxylic acids is 1. The molecule has 0 unspecified atom stereocenters. The maximum Gasteiger partial charge on any atom is 0.269 e. The van der Waals surface area contributed by atoms with Gasteiger partial charge in [-0.3, -0.25) is 14.8 Å². The van der Waals surface area contributed by atoms with E-state index in [2.05, 4.69) is 20.3 Å². The van der Waals surface area contributed by atoms with Gasteiger partial charge in [0.2, 0.25) is 0 Å². The van der Waals surface area contributed by atoms with Crippen molar-refractivity contribution in [3.05, 3.63) is 71.9 Å². The molecule has 0 aliphatic carbocycles. The van der Waals surface area contributed by atoms with Gasteiger partial charge in [-0.25, -0.2) is 9.38 Å². The van der Waals surface area contributed by atoms with Crippen LogP contribution in [0.1, 0.15) is 16.1 Å². The Kier molecular flexibility index (Phi) is 5.37. The molecule has 138 valence electrons. The van der Waals surface area contributed by atoms with Crippen molar-refractivity contribution in [2.75, 3.05) is 7.05 Å². The van der Waals surface area contributed by atoms with Crippen molar-refractivity contribution in [1.82, 2.24) is 15.3 Å². The Balaban J connectivity index is 2.07. The molecule has 7 nitrogen and oxygen atoms in total. The van der Waals surface area contributed by atoms with E-state index in [0.717, 1.165) is 0 Å². The van der Waals surface area contributed by atoms with E-state index in [-0.39, 0.29) is 34.3 Å². The number of pyridine rings is 2. The lowest BCUT2D eigenvalue weighted by Crippen LogP contribution is -2.19. The molecule has 2 heterocycles. The predicted molar refractivity (Wildman–Crippen MR) is 101 cm³/mol. The highest BCUT2D eigenvalue weighted by molar-refractivity contribution is 6.15. The second-order valence-electron chi connectivity index (χ2n) is 5.61. The summed E-state index contributed by atoms with van der Waals surface area (Å²) in [6, 6.07) is 11.7. The Morgan fingerprint density at radius 2 is 1.89 bits per heavy atom. The Hall–Kier alpha value is -4.12. The van der Waals surface area contributed by atoms with E-state index in [1.165, 1.54) is 55.8 Å². The molecule has 0 bridgehead atoms. The van der Waals surface area contributed by atoms with E-state index in [1.807, 2.05) is 6.07 Å². The summed E-state index contributed by atoms with van der Waals surface area (Å²) in [5.41, 5.74) is 1.25. The van der Waals surface area contributed by atoms with E-state index >= 15 is 0 Å². The van der Waals surface area contributed by atoms with E-state index in [4.69, 9.17) is 0 Å². The second kappa shape index (κ2) is 8.05. The van der Waals surface area contributed by atoms with Crippen LogP contribution in [0.25, 0.3) is 11.3 Å². The number of halogens is 1. The van der Waals surface area contributed by atoms with Crippen molar-refractivity contribution in [3.8, 4) is 23.1 Å². The van der Waals surface area contributed by atoms with Gasteiger partial charge in [-0.1, -0.05) is 0 Å². The molecule has 0 atom stereocenters. The number of amides is 1. The number of rotatable bonds is 4. The molecule has 0 saturated carbocycles. The van der Waals surface area contributed by atoms with Crippen LogP contribution in [0.4, 0.5) is 10.1 Å². The number of hydrogen-bond donors (Lipinski definition) is 2. The van der Waals surface area contributed by atoms with Crippen molar-refractivity contribution in [3.63, 3.8) is 0 Å². The third kappa shape index (κ3) is 3.83. The van der Waals surface area contributed by atoms with Crippen LogP contribution in [-0.2, 0) is 0 Å². The molecule has 0 saturated heterocycles. The molecule has 28 heavy (non-hydrogen) atoms. The van der Waals surface area contributed by atoms with E-state index < -0.39 is 5.82 Å². The van der Waals surface area contributed by atoms with Gasteiger partial charge < -0.3 is 10.4 Å². The van der Waals surface area contributed by atoms with E-state index in [0.29, 0.717) is 11.3 Å². The van der Waals surface area contributed by atoms with Crippen LogP contribution in [0.15, 0.2) is 59.9 Å². The SMILES string of the molecule is CNC(=O)c1cc(-c2nccc(/C(C#N)=N/c3ccc(F)cc3)c2O)ccn1. The van der Waals surface area contributed by atoms with E-state index in [1.54, 1.807) is 6.07 Å². The summed E-state index contributed by atoms with van der Waals surface area (Å²) in [6.07, 6.45) is 2.84. The van der Waals surface area contributed by atoms with Gasteiger partial charge in [0.1, 0.15) is 23.3 Å². The number of aromatic hydroxyl groups is 1. The molecule has 2 N–H and O–H groups in total. The highest BCUT2D eigenvalue weighted by Gasteiger charge is 2.16. The van der Waals surface area contributed by atoms with Crippen molar-refractivity contribution < 1.29 is 14.3 Å². The number of hydrogen-bond acceptors (Lipinski definition) is 6. The Labute approximate surface area is 159 Å². The lowest BCUT2D eigenvalue weighted by Gasteiger charge is -2.09. The smallest absolute Gasteiger partial charge is 0.269 e. The fourth-order valence-electron chi connectivity index (χ4n) is 2.48. The van der Waals surface area contributed by atoms with Gasteiger partial charge in [-0.2, -0.15) is 5.26 Å². The zero-order valence-electron chi connectivity index (χ0n) is 14.7. The monoisotopic (exact) mass is 375 g/mol. The average Bonchev–Trinajstić information content (AvgIpc) is 2.73. The number of nitrogens with zero attached hydrogens (tertiary/aromatic N) is 4. The van der Waals surface area contributed by atoms with Gasteiger partial charge >= 0.3 is 0 Å². The number of nitriles is 1. The average molecular weight is 375 g/mol. The van der Waals surface area contributed by atoms with Gasteiger partial charge in [0.15, 0.2) is 11.5 Å². The van der Waals surface area contributed by atoms with Crippen LogP contribution in [0.5, 0.6) is 5.75 Å². The normalized spacial score (nSPS) is 11.0. The van der Waals surface area contributed by atoms with Crippen molar-refractivity contribution >= 4 is 17.3 Å². The molecule has 1 amide bonds. The Morgan fingerprint density at radius 1 is 1.18 bits per heavy atom. The van der Waals surface area contributed by atoms with Crippen molar-refractivity contribution in [1.29, 1.82) is 5.26 Å². The molecule has 3 aromatic rings. The van der Waals surface area contributed by atoms with Crippen LogP contribution >= 0.6 is 0 Å². The van der Waals surface area contributed by atoms with Gasteiger partial charge in [-0.05, 0) is 42.5 Å². The van der Waals surface area contributed by atoms with Crippen LogP contribution in [0.2, 0.25) is 0 Å². The molecule has 1 aromatic carbocycles. The topological polar surface area (TPSA) is 111 Å². The first-order valence-electron chi connectivity index (χ1n) is 8.14. The summed E-state index contributed by atoms with van der Waals surface area (Å²) in [4.78, 5) is 24.1. The maximum absolute atomic E-state index is 13.1. The number of nitrogens with one attached hydrogen (secondary N) is 1. The summed E-state index contributed by atoms with van der Waals surface area (Å²) in [5, 5.41) is 22.6. The molecule has 0 fully saturated rings. The first-order valence-corrected chi connectivity index (χ1v) is 8.14. The number of benzene rings is 1. The van der Waals surface area contributed by atoms with Gasteiger partial charge in [0.25, 0.3) is 5.91 Å².